The zero-order valence-electron chi connectivity index (χ0n) is 12.9. The van der Waals surface area contributed by atoms with Gasteiger partial charge >= 0.3 is 6.03 Å². The summed E-state index contributed by atoms with van der Waals surface area (Å²) in [4.78, 5) is 12.1. The minimum Gasteiger partial charge on any atom is -0.394 e. The molecule has 0 spiro atoms. The number of hydrogen-bond acceptors (Lipinski definition) is 3. The monoisotopic (exact) mass is 294 g/mol. The van der Waals surface area contributed by atoms with Gasteiger partial charge in [-0.2, -0.15) is 5.10 Å². The Morgan fingerprint density at radius 3 is 2.76 bits per heavy atom. The number of carbonyl (C=O) groups is 1. The zero-order chi connectivity index (χ0) is 15.3. The molecule has 0 saturated heterocycles. The lowest BCUT2D eigenvalue weighted by Crippen LogP contribution is -2.57. The number of nitrogens with one attached hydrogen (secondary N) is 2. The maximum atomic E-state index is 12.1. The van der Waals surface area contributed by atoms with E-state index >= 15 is 0 Å². The first-order chi connectivity index (χ1) is 10.0. The molecule has 0 bridgehead atoms. The van der Waals surface area contributed by atoms with Crippen LogP contribution in [0.4, 0.5) is 4.79 Å². The number of rotatable bonds is 5. The Hall–Kier alpha value is -1.56. The van der Waals surface area contributed by atoms with E-state index in [1.165, 1.54) is 19.3 Å². The molecule has 0 unspecified atom stereocenters. The minimum absolute atomic E-state index is 0.0298. The third-order valence-corrected chi connectivity index (χ3v) is 4.45. The van der Waals surface area contributed by atoms with Crippen LogP contribution in [0.25, 0.3) is 0 Å². The molecule has 1 heterocycles. The molecule has 6 heteroatoms. The van der Waals surface area contributed by atoms with E-state index < -0.39 is 5.54 Å². The van der Waals surface area contributed by atoms with Crippen LogP contribution in [0.1, 0.15) is 44.6 Å². The Bertz CT molecular complexity index is 468. The number of aliphatic hydroxyl groups excluding tert-OH is 1. The van der Waals surface area contributed by atoms with Crippen molar-refractivity contribution < 1.29 is 9.90 Å². The molecule has 1 fully saturated rings. The van der Waals surface area contributed by atoms with Crippen molar-refractivity contribution in [2.75, 3.05) is 6.61 Å². The van der Waals surface area contributed by atoms with Gasteiger partial charge in [-0.05, 0) is 25.7 Å². The first-order valence-electron chi connectivity index (χ1n) is 7.68. The second kappa shape index (κ2) is 6.93. The summed E-state index contributed by atoms with van der Waals surface area (Å²) in [7, 11) is 1.84. The van der Waals surface area contributed by atoms with Gasteiger partial charge in [-0.1, -0.05) is 19.3 Å². The summed E-state index contributed by atoms with van der Waals surface area (Å²) in [5.41, 5.74) is 0.412. The van der Waals surface area contributed by atoms with Crippen LogP contribution in [-0.4, -0.2) is 33.1 Å². The fraction of sp³-hybridized carbons (Fsp3) is 0.733. The molecule has 2 amide bonds. The number of aromatic nitrogens is 2. The molecule has 0 aromatic carbocycles. The average Bonchev–Trinajstić information content (AvgIpc) is 2.91. The number of hydrogen-bond donors (Lipinski definition) is 3. The Morgan fingerprint density at radius 1 is 1.48 bits per heavy atom. The number of amides is 2. The van der Waals surface area contributed by atoms with Crippen molar-refractivity contribution in [2.45, 2.75) is 51.1 Å². The van der Waals surface area contributed by atoms with Gasteiger partial charge in [0.15, 0.2) is 0 Å². The molecule has 3 N–H and O–H groups in total. The lowest BCUT2D eigenvalue weighted by atomic mass is 9.76. The summed E-state index contributed by atoms with van der Waals surface area (Å²) in [6.07, 6.45) is 9.35. The van der Waals surface area contributed by atoms with Crippen LogP contribution in [-0.2, 0) is 13.6 Å². The van der Waals surface area contributed by atoms with Gasteiger partial charge in [0.05, 0.1) is 18.3 Å². The molecule has 6 nitrogen and oxygen atoms in total. The van der Waals surface area contributed by atoms with Gasteiger partial charge in [0, 0.05) is 25.4 Å². The molecule has 1 saturated carbocycles. The summed E-state index contributed by atoms with van der Waals surface area (Å²) in [6.45, 7) is 2.34. The second-order valence-corrected chi connectivity index (χ2v) is 6.24. The fourth-order valence-electron chi connectivity index (χ4n) is 3.06. The predicted octanol–water partition coefficient (Wildman–Crippen LogP) is 1.55. The predicted molar refractivity (Wildman–Crippen MR) is 80.6 cm³/mol. The van der Waals surface area contributed by atoms with E-state index in [0.29, 0.717) is 12.5 Å². The molecular weight excluding hydrogens is 268 g/mol. The van der Waals surface area contributed by atoms with Crippen LogP contribution in [0.5, 0.6) is 0 Å². The quantitative estimate of drug-likeness (QED) is 0.771. The fourth-order valence-corrected chi connectivity index (χ4v) is 3.06. The minimum atomic E-state index is -0.542. The van der Waals surface area contributed by atoms with Gasteiger partial charge in [-0.25, -0.2) is 4.79 Å². The van der Waals surface area contributed by atoms with Gasteiger partial charge in [-0.3, -0.25) is 4.68 Å². The third kappa shape index (κ3) is 4.20. The molecule has 1 aromatic heterocycles. The summed E-state index contributed by atoms with van der Waals surface area (Å²) in [5.74, 6) is 0.348. The molecule has 1 aliphatic rings. The van der Waals surface area contributed by atoms with Crippen molar-refractivity contribution in [3.05, 3.63) is 18.0 Å². The lowest BCUT2D eigenvalue weighted by molar-refractivity contribution is 0.101. The normalized spacial score (nSPS) is 19.0. The first-order valence-corrected chi connectivity index (χ1v) is 7.68. The summed E-state index contributed by atoms with van der Waals surface area (Å²) < 4.78 is 1.70. The highest BCUT2D eigenvalue weighted by atomic mass is 16.3. The van der Waals surface area contributed by atoms with E-state index in [0.717, 1.165) is 18.4 Å². The van der Waals surface area contributed by atoms with Crippen molar-refractivity contribution in [3.63, 3.8) is 0 Å². The van der Waals surface area contributed by atoms with Crippen LogP contribution in [0.15, 0.2) is 12.4 Å². The Morgan fingerprint density at radius 2 is 2.19 bits per heavy atom. The maximum Gasteiger partial charge on any atom is 0.315 e. The molecule has 1 aliphatic carbocycles. The van der Waals surface area contributed by atoms with E-state index in [2.05, 4.69) is 15.7 Å². The number of carbonyl (C=O) groups excluding carboxylic acids is 1. The molecule has 1 aromatic rings. The van der Waals surface area contributed by atoms with Crippen LogP contribution >= 0.6 is 0 Å². The molecule has 1 atom stereocenters. The molecular formula is C15H26N4O2. The van der Waals surface area contributed by atoms with Crippen molar-refractivity contribution in [1.29, 1.82) is 0 Å². The largest absolute Gasteiger partial charge is 0.394 e. The number of urea groups is 1. The van der Waals surface area contributed by atoms with Gasteiger partial charge in [-0.15, -0.1) is 0 Å². The molecule has 2 rings (SSSR count). The van der Waals surface area contributed by atoms with Crippen LogP contribution in [0.3, 0.4) is 0 Å². The highest BCUT2D eigenvalue weighted by Crippen LogP contribution is 2.32. The van der Waals surface area contributed by atoms with Gasteiger partial charge in [0.1, 0.15) is 0 Å². The smallest absolute Gasteiger partial charge is 0.315 e. The van der Waals surface area contributed by atoms with Crippen LogP contribution in [0, 0.1) is 5.92 Å². The summed E-state index contributed by atoms with van der Waals surface area (Å²) >= 11 is 0. The maximum absolute atomic E-state index is 12.1. The third-order valence-electron chi connectivity index (χ3n) is 4.45. The van der Waals surface area contributed by atoms with E-state index in [-0.39, 0.29) is 12.6 Å². The Kier molecular flexibility index (Phi) is 5.22. The van der Waals surface area contributed by atoms with Crippen molar-refractivity contribution >= 4 is 6.03 Å². The van der Waals surface area contributed by atoms with Gasteiger partial charge in [0.25, 0.3) is 0 Å². The van der Waals surface area contributed by atoms with E-state index in [1.54, 1.807) is 10.9 Å². The Balaban J connectivity index is 1.86. The van der Waals surface area contributed by atoms with E-state index in [4.69, 9.17) is 0 Å². The summed E-state index contributed by atoms with van der Waals surface area (Å²) in [6, 6.07) is -0.235. The summed E-state index contributed by atoms with van der Waals surface area (Å²) in [5, 5.41) is 19.6. The lowest BCUT2D eigenvalue weighted by Gasteiger charge is -2.39. The Labute approximate surface area is 125 Å². The SMILES string of the molecule is Cn1cc(CNC(=O)N[C@@](C)(CO)C2CCCCC2)cn1. The second-order valence-electron chi connectivity index (χ2n) is 6.24. The molecule has 0 aliphatic heterocycles. The zero-order valence-corrected chi connectivity index (χ0v) is 12.9. The molecule has 118 valence electrons. The topological polar surface area (TPSA) is 79.2 Å². The standard InChI is InChI=1S/C15H26N4O2/c1-15(11-20,13-6-4-3-5-7-13)18-14(21)16-8-12-9-17-19(2)10-12/h9-10,13,20H,3-8,11H2,1-2H3,(H2,16,18,21)/t15-/m0/s1. The van der Waals surface area contributed by atoms with Crippen molar-refractivity contribution in [1.82, 2.24) is 20.4 Å². The van der Waals surface area contributed by atoms with Crippen LogP contribution < -0.4 is 10.6 Å². The van der Waals surface area contributed by atoms with Gasteiger partial charge < -0.3 is 15.7 Å². The molecule has 0 radical (unpaired) electrons. The van der Waals surface area contributed by atoms with Crippen LogP contribution in [0.2, 0.25) is 0 Å². The van der Waals surface area contributed by atoms with Crippen molar-refractivity contribution in [2.24, 2.45) is 13.0 Å². The number of aliphatic hydroxyl groups is 1. The van der Waals surface area contributed by atoms with Crippen molar-refractivity contribution in [3.8, 4) is 0 Å². The molecule has 21 heavy (non-hydrogen) atoms. The highest BCUT2D eigenvalue weighted by molar-refractivity contribution is 5.74. The van der Waals surface area contributed by atoms with Gasteiger partial charge in [0.2, 0.25) is 0 Å². The number of nitrogens with zero attached hydrogens (tertiary/aromatic N) is 2. The van der Waals surface area contributed by atoms with E-state index in [9.17, 15) is 9.90 Å². The first kappa shape index (κ1) is 15.8. The number of aryl methyl sites for hydroxylation is 1. The van der Waals surface area contributed by atoms with E-state index in [1.807, 2.05) is 20.2 Å². The highest BCUT2D eigenvalue weighted by Gasteiger charge is 2.35. The average molecular weight is 294 g/mol.